The van der Waals surface area contributed by atoms with Gasteiger partial charge in [-0.25, -0.2) is 0 Å². The number of hydrogen-bond acceptors (Lipinski definition) is 2. The molecule has 13 heavy (non-hydrogen) atoms. The fourth-order valence-electron chi connectivity index (χ4n) is 1.07. The zero-order valence-electron chi connectivity index (χ0n) is 7.83. The van der Waals surface area contributed by atoms with E-state index in [1.807, 2.05) is 0 Å². The largest absolute Gasteiger partial charge is 0.415 e. The Balaban J connectivity index is 0.000000310. The molecular formula is C9H11NS2Zn. The molecule has 0 heterocycles. The summed E-state index contributed by atoms with van der Waals surface area (Å²) in [5, 5.41) is 0. The first-order valence-electron chi connectivity index (χ1n) is 3.78. The smallest absolute Gasteiger partial charge is 0.0708 e. The third-order valence-corrected chi connectivity index (χ3v) is 2.14. The van der Waals surface area contributed by atoms with Gasteiger partial charge in [-0.2, -0.15) is 0 Å². The molecule has 0 radical (unpaired) electrons. The summed E-state index contributed by atoms with van der Waals surface area (Å²) < 4.78 is 1.56. The van der Waals surface area contributed by atoms with Crippen LogP contribution in [0.3, 0.4) is 0 Å². The number of thiocarbonyl (C=S) groups is 1. The van der Waals surface area contributed by atoms with Gasteiger partial charge in [0.1, 0.15) is 0 Å². The molecular weight excluding hydrogens is 252 g/mol. The molecule has 0 unspecified atom stereocenters. The molecule has 1 aromatic rings. The molecule has 0 spiro atoms. The van der Waals surface area contributed by atoms with Crippen molar-refractivity contribution in [3.05, 3.63) is 29.3 Å². The quantitative estimate of drug-likeness (QED) is 0.433. The summed E-state index contributed by atoms with van der Waals surface area (Å²) in [5.41, 5.74) is 7.43. The Labute approximate surface area is 100 Å². The third-order valence-electron chi connectivity index (χ3n) is 1.28. The SMILES string of the molecule is Cc1cc(C)c[c]([Zn+])c1.NC(=S)[S-]. The van der Waals surface area contributed by atoms with Crippen molar-refractivity contribution >= 4 is 33.3 Å². The predicted octanol–water partition coefficient (Wildman–Crippen LogP) is 1.25. The van der Waals surface area contributed by atoms with Crippen LogP contribution >= 0.6 is 12.2 Å². The molecule has 4 heteroatoms. The van der Waals surface area contributed by atoms with Crippen molar-refractivity contribution in [3.8, 4) is 0 Å². The van der Waals surface area contributed by atoms with Gasteiger partial charge in [0.05, 0.1) is 0 Å². The second kappa shape index (κ2) is 6.41. The van der Waals surface area contributed by atoms with Crippen molar-refractivity contribution in [2.45, 2.75) is 13.8 Å². The van der Waals surface area contributed by atoms with Crippen molar-refractivity contribution in [1.82, 2.24) is 0 Å². The van der Waals surface area contributed by atoms with Crippen LogP contribution in [0.1, 0.15) is 11.1 Å². The van der Waals surface area contributed by atoms with Crippen molar-refractivity contribution in [1.29, 1.82) is 0 Å². The molecule has 0 amide bonds. The van der Waals surface area contributed by atoms with Gasteiger partial charge in [-0.05, 0) is 0 Å². The van der Waals surface area contributed by atoms with Crippen LogP contribution in [0.25, 0.3) is 0 Å². The predicted molar refractivity (Wildman–Crippen MR) is 59.7 cm³/mol. The first kappa shape index (κ1) is 13.0. The van der Waals surface area contributed by atoms with Gasteiger partial charge in [0.2, 0.25) is 0 Å². The summed E-state index contributed by atoms with van der Waals surface area (Å²) in [4.78, 5) is 0. The molecule has 0 aliphatic heterocycles. The molecule has 0 aliphatic rings. The van der Waals surface area contributed by atoms with E-state index in [1.54, 1.807) is 0 Å². The van der Waals surface area contributed by atoms with Crippen LogP contribution in [0.15, 0.2) is 18.2 Å². The van der Waals surface area contributed by atoms with E-state index in [0.717, 1.165) is 0 Å². The summed E-state index contributed by atoms with van der Waals surface area (Å²) in [7, 11) is 0. The van der Waals surface area contributed by atoms with Gasteiger partial charge >= 0.3 is 65.6 Å². The van der Waals surface area contributed by atoms with E-state index in [2.05, 4.69) is 62.6 Å². The van der Waals surface area contributed by atoms with Crippen LogP contribution in [-0.4, -0.2) is 4.32 Å². The number of rotatable bonds is 0. The Kier molecular flexibility index (Phi) is 6.39. The van der Waals surface area contributed by atoms with Gasteiger partial charge in [-0.3, -0.25) is 0 Å². The normalized spacial score (nSPS) is 8.62. The Hall–Kier alpha value is -0.0466. The molecule has 1 rings (SSSR count). The molecule has 0 saturated carbocycles. The summed E-state index contributed by atoms with van der Waals surface area (Å²) in [6.07, 6.45) is 0. The van der Waals surface area contributed by atoms with Crippen molar-refractivity contribution in [3.63, 3.8) is 0 Å². The zero-order chi connectivity index (χ0) is 10.4. The van der Waals surface area contributed by atoms with E-state index in [4.69, 9.17) is 0 Å². The zero-order valence-corrected chi connectivity index (χ0v) is 12.4. The minimum Gasteiger partial charge on any atom is -0.415 e. The first-order chi connectivity index (χ1) is 5.91. The molecule has 0 atom stereocenters. The molecule has 2 N–H and O–H groups in total. The average Bonchev–Trinajstić information content (AvgIpc) is 1.80. The summed E-state index contributed by atoms with van der Waals surface area (Å²) in [6, 6.07) is 6.69. The van der Waals surface area contributed by atoms with E-state index < -0.39 is 0 Å². The van der Waals surface area contributed by atoms with Crippen LogP contribution in [0.5, 0.6) is 0 Å². The number of hydrogen-bond donors (Lipinski definition) is 1. The van der Waals surface area contributed by atoms with Gasteiger partial charge in [0, 0.05) is 0 Å². The summed E-state index contributed by atoms with van der Waals surface area (Å²) in [6.45, 7) is 4.29. The Bertz CT molecular complexity index is 245. The molecule has 66 valence electrons. The van der Waals surface area contributed by atoms with Crippen LogP contribution < -0.4 is 9.89 Å². The molecule has 0 fully saturated rings. The average molecular weight is 263 g/mol. The topological polar surface area (TPSA) is 26.0 Å². The second-order valence-corrected chi connectivity index (χ2v) is 5.67. The van der Waals surface area contributed by atoms with E-state index in [9.17, 15) is 0 Å². The van der Waals surface area contributed by atoms with Gasteiger partial charge in [0.15, 0.2) is 0 Å². The van der Waals surface area contributed by atoms with Crippen LogP contribution in [0, 0.1) is 13.8 Å². The first-order valence-corrected chi connectivity index (χ1v) is 6.08. The maximum Gasteiger partial charge on any atom is -0.0708 e. The summed E-state index contributed by atoms with van der Waals surface area (Å²) in [5.74, 6) is 0. The van der Waals surface area contributed by atoms with E-state index in [-0.39, 0.29) is 4.32 Å². The van der Waals surface area contributed by atoms with Gasteiger partial charge < -0.3 is 30.6 Å². The third kappa shape index (κ3) is 8.29. The minimum absolute atomic E-state index is 0.0833. The van der Waals surface area contributed by atoms with Gasteiger partial charge in [-0.15, -0.1) is 0 Å². The molecule has 0 aromatic heterocycles. The van der Waals surface area contributed by atoms with E-state index in [0.29, 0.717) is 0 Å². The second-order valence-electron chi connectivity index (χ2n) is 2.81. The van der Waals surface area contributed by atoms with Gasteiger partial charge in [-0.1, -0.05) is 4.32 Å². The van der Waals surface area contributed by atoms with Crippen molar-refractivity contribution in [2.75, 3.05) is 0 Å². The van der Waals surface area contributed by atoms with Crippen molar-refractivity contribution in [2.24, 2.45) is 5.73 Å². The molecule has 1 aromatic carbocycles. The number of aryl methyl sites for hydroxylation is 2. The van der Waals surface area contributed by atoms with Crippen LogP contribution in [-0.2, 0) is 30.9 Å². The molecule has 0 saturated heterocycles. The maximum atomic E-state index is 4.66. The van der Waals surface area contributed by atoms with Crippen molar-refractivity contribution < 1.29 is 18.3 Å². The number of benzene rings is 1. The van der Waals surface area contributed by atoms with Crippen LogP contribution in [0.4, 0.5) is 0 Å². The summed E-state index contributed by atoms with van der Waals surface area (Å²) >= 11 is 9.53. The fraction of sp³-hybridized carbons (Fsp3) is 0.222. The standard InChI is InChI=1S/C8H9.CH3NS2.Zn/c1-7-4-3-5-8(2)6-7;2-1(3)4;/h4-6H,1-2H3;(H3,2,3,4);/q;;+1/p-1. The monoisotopic (exact) mass is 261 g/mol. The Morgan fingerprint density at radius 1 is 1.31 bits per heavy atom. The van der Waals surface area contributed by atoms with Crippen LogP contribution in [0.2, 0.25) is 0 Å². The van der Waals surface area contributed by atoms with E-state index >= 15 is 0 Å². The maximum absolute atomic E-state index is 4.66. The molecule has 0 aliphatic carbocycles. The fourth-order valence-corrected chi connectivity index (χ4v) is 2.42. The Morgan fingerprint density at radius 2 is 1.62 bits per heavy atom. The minimum atomic E-state index is 0.0833. The molecule has 0 bridgehead atoms. The number of nitrogens with two attached hydrogens (primary N) is 1. The van der Waals surface area contributed by atoms with E-state index in [1.165, 1.54) is 33.6 Å². The Morgan fingerprint density at radius 3 is 1.85 bits per heavy atom. The van der Waals surface area contributed by atoms with Gasteiger partial charge in [0.25, 0.3) is 0 Å². The molecule has 1 nitrogen and oxygen atoms in total.